The quantitative estimate of drug-likeness (QED) is 0.328. The van der Waals surface area contributed by atoms with E-state index < -0.39 is 37.2 Å². The Morgan fingerprint density at radius 1 is 0.700 bits per heavy atom. The van der Waals surface area contributed by atoms with Crippen LogP contribution >= 0.6 is 0 Å². The van der Waals surface area contributed by atoms with E-state index >= 15 is 0 Å². The van der Waals surface area contributed by atoms with Gasteiger partial charge in [-0.2, -0.15) is 0 Å². The summed E-state index contributed by atoms with van der Waals surface area (Å²) in [6, 6.07) is 0. The molecule has 0 aliphatic rings. The summed E-state index contributed by atoms with van der Waals surface area (Å²) in [4.78, 5) is 0. The van der Waals surface area contributed by atoms with E-state index in [2.05, 4.69) is 0 Å². The third kappa shape index (κ3) is 90.5. The maximum absolute atomic E-state index is 8.58. The molecule has 0 atom stereocenters. The van der Waals surface area contributed by atoms with Crippen LogP contribution in [0.5, 0.6) is 0 Å². The van der Waals surface area contributed by atoms with Gasteiger partial charge in [-0.25, -0.2) is 0 Å². The first kappa shape index (κ1) is 23.7. The Labute approximate surface area is 152 Å². The van der Waals surface area contributed by atoms with Crippen molar-refractivity contribution in [1.82, 2.24) is 0 Å². The van der Waals surface area contributed by atoms with Gasteiger partial charge in [0.1, 0.15) is 0 Å². The van der Waals surface area contributed by atoms with E-state index in [0.717, 1.165) is 0 Å². The van der Waals surface area contributed by atoms with Crippen LogP contribution < -0.4 is 14.8 Å². The predicted octanol–water partition coefficient (Wildman–Crippen LogP) is -5.76. The Hall–Kier alpha value is 4.01. The van der Waals surface area contributed by atoms with Crippen LogP contribution in [0.2, 0.25) is 0 Å². The standard InChI is InChI=1S/2Ba.6O.2Ti/q2*+2;;;4*-1;;. The molecule has 48 valence electrons. The summed E-state index contributed by atoms with van der Waals surface area (Å²) >= 11 is -8.17. The summed E-state index contributed by atoms with van der Waals surface area (Å²) < 4.78 is 51.5. The fraction of sp³-hybridized carbons (Fsp3) is 0. The molecule has 0 spiro atoms. The average Bonchev–Trinajstić information content (AvgIpc) is 1.25. The van der Waals surface area contributed by atoms with Crippen molar-refractivity contribution in [3.8, 4) is 0 Å². The van der Waals surface area contributed by atoms with E-state index in [1.54, 1.807) is 0 Å². The molecule has 6 nitrogen and oxygen atoms in total. The summed E-state index contributed by atoms with van der Waals surface area (Å²) in [7, 11) is 0. The molecule has 0 unspecified atom stereocenters. The van der Waals surface area contributed by atoms with Crippen LogP contribution in [0.1, 0.15) is 0 Å². The van der Waals surface area contributed by atoms with Crippen molar-refractivity contribution >= 4 is 97.8 Å². The van der Waals surface area contributed by atoms with Gasteiger partial charge < -0.3 is 0 Å². The molecule has 0 aliphatic carbocycles. The fourth-order valence-corrected chi connectivity index (χ4v) is 0. The molecule has 10 heavy (non-hydrogen) atoms. The van der Waals surface area contributed by atoms with Crippen molar-refractivity contribution in [2.24, 2.45) is 0 Å². The van der Waals surface area contributed by atoms with E-state index in [1.807, 2.05) is 0 Å². The summed E-state index contributed by atoms with van der Waals surface area (Å²) in [5.74, 6) is 0. The van der Waals surface area contributed by atoms with Crippen molar-refractivity contribution in [3.63, 3.8) is 0 Å². The van der Waals surface area contributed by atoms with Gasteiger partial charge in [0.05, 0.1) is 0 Å². The molecule has 0 bridgehead atoms. The monoisotopic (exact) mass is 468 g/mol. The van der Waals surface area contributed by atoms with Crippen molar-refractivity contribution in [3.05, 3.63) is 0 Å². The molecule has 0 radical (unpaired) electrons. The first-order chi connectivity index (χ1) is 3.46. The summed E-state index contributed by atoms with van der Waals surface area (Å²) in [5.41, 5.74) is 0. The minimum atomic E-state index is -4.08. The summed E-state index contributed by atoms with van der Waals surface area (Å²) in [5, 5.41) is 0. The fourth-order valence-electron chi connectivity index (χ4n) is 0. The van der Waals surface area contributed by atoms with Crippen LogP contribution in [0, 0.1) is 0 Å². The van der Waals surface area contributed by atoms with Crippen LogP contribution in [-0.2, 0) is 43.9 Å². The third-order valence-corrected chi connectivity index (χ3v) is 0. The van der Waals surface area contributed by atoms with Gasteiger partial charge in [-0.3, -0.25) is 0 Å². The van der Waals surface area contributed by atoms with Gasteiger partial charge in [-0.1, -0.05) is 0 Å². The molecule has 0 fully saturated rings. The number of hydrogen-bond donors (Lipinski definition) is 0. The second-order valence-corrected chi connectivity index (χ2v) is 2.06. The van der Waals surface area contributed by atoms with Crippen LogP contribution in [0.15, 0.2) is 0 Å². The van der Waals surface area contributed by atoms with Gasteiger partial charge in [-0.05, 0) is 0 Å². The van der Waals surface area contributed by atoms with E-state index in [1.165, 1.54) is 0 Å². The first-order valence-corrected chi connectivity index (χ1v) is 5.05. The molecular weight excluding hydrogens is 466 g/mol. The number of hydrogen-bond acceptors (Lipinski definition) is 6. The zero-order valence-electron chi connectivity index (χ0n) is 4.86. The molecule has 0 N–H and O–H groups in total. The zero-order valence-corrected chi connectivity index (χ0v) is 16.9. The molecule has 0 heterocycles. The molecule has 0 aromatic rings. The Kier molecular flexibility index (Phi) is 44.3. The van der Waals surface area contributed by atoms with Crippen molar-refractivity contribution in [2.75, 3.05) is 0 Å². The summed E-state index contributed by atoms with van der Waals surface area (Å²) in [6.45, 7) is 0. The number of rotatable bonds is 0. The van der Waals surface area contributed by atoms with E-state index in [9.17, 15) is 0 Å². The molecular formula is Ba2O6Ti2. The van der Waals surface area contributed by atoms with Gasteiger partial charge in [0, 0.05) is 0 Å². The summed E-state index contributed by atoms with van der Waals surface area (Å²) in [6.07, 6.45) is 0. The van der Waals surface area contributed by atoms with Crippen LogP contribution in [0.25, 0.3) is 0 Å². The van der Waals surface area contributed by atoms with Crippen molar-refractivity contribution < 1.29 is 58.6 Å². The van der Waals surface area contributed by atoms with E-state index in [0.29, 0.717) is 0 Å². The molecule has 0 aromatic heterocycles. The van der Waals surface area contributed by atoms with E-state index in [-0.39, 0.29) is 97.8 Å². The van der Waals surface area contributed by atoms with Crippen molar-refractivity contribution in [2.45, 2.75) is 0 Å². The molecule has 0 aromatic carbocycles. The molecule has 0 saturated carbocycles. The molecule has 0 aliphatic heterocycles. The van der Waals surface area contributed by atoms with Gasteiger partial charge in [0.25, 0.3) is 0 Å². The normalized spacial score (nSPS) is 5.20. The first-order valence-electron chi connectivity index (χ1n) is 1.22. The molecule has 0 saturated heterocycles. The minimum absolute atomic E-state index is 0. The Morgan fingerprint density at radius 3 is 0.700 bits per heavy atom. The zero-order chi connectivity index (χ0) is 7.15. The SMILES string of the molecule is [Ba+2].[Ba+2].[O]=[Ti]([O-])[O-].[O]=[Ti]([O-])[O-]. The maximum atomic E-state index is 8.58. The second-order valence-electron chi connectivity index (χ2n) is 0.500. The second kappa shape index (κ2) is 18.7. The van der Waals surface area contributed by atoms with Gasteiger partial charge in [-0.15, -0.1) is 0 Å². The van der Waals surface area contributed by atoms with Crippen LogP contribution in [0.3, 0.4) is 0 Å². The Balaban J connectivity index is -0.0000000300. The molecule has 10 heteroatoms. The molecule has 0 amide bonds. The average molecular weight is 466 g/mol. The van der Waals surface area contributed by atoms with E-state index in [4.69, 9.17) is 21.4 Å². The van der Waals surface area contributed by atoms with Gasteiger partial charge in [0.2, 0.25) is 0 Å². The third-order valence-electron chi connectivity index (χ3n) is 0. The molecule has 0 rings (SSSR count). The Morgan fingerprint density at radius 2 is 0.700 bits per heavy atom. The van der Waals surface area contributed by atoms with Crippen molar-refractivity contribution in [1.29, 1.82) is 0 Å². The topological polar surface area (TPSA) is 126 Å². The predicted molar refractivity (Wildman–Crippen MR) is 12.9 cm³/mol. The van der Waals surface area contributed by atoms with Crippen LogP contribution in [-0.4, -0.2) is 97.8 Å². The van der Waals surface area contributed by atoms with Gasteiger partial charge in [0.15, 0.2) is 0 Å². The van der Waals surface area contributed by atoms with Gasteiger partial charge >= 0.3 is 156 Å². The Bertz CT molecular complexity index is 71.7. The van der Waals surface area contributed by atoms with Crippen LogP contribution in [0.4, 0.5) is 0 Å².